The van der Waals surface area contributed by atoms with Crippen molar-refractivity contribution in [2.45, 2.75) is 19.8 Å². The van der Waals surface area contributed by atoms with Gasteiger partial charge in [-0.1, -0.05) is 48.0 Å². The molecule has 0 spiro atoms. The van der Waals surface area contributed by atoms with Gasteiger partial charge in [0.05, 0.1) is 6.42 Å². The number of carbonyl (C=O) groups is 1. The minimum Gasteiger partial charge on any atom is -0.312 e. The number of amides is 1. The molecule has 0 unspecified atom stereocenters. The Kier molecular flexibility index (Phi) is 3.08. The second-order valence-electron chi connectivity index (χ2n) is 5.09. The number of aryl methyl sites for hydroxylation is 1. The van der Waals surface area contributed by atoms with Crippen LogP contribution < -0.4 is 4.90 Å². The van der Waals surface area contributed by atoms with Gasteiger partial charge in [0.2, 0.25) is 5.91 Å². The Morgan fingerprint density at radius 1 is 1.16 bits per heavy atom. The molecule has 96 valence electrons. The van der Waals surface area contributed by atoms with Crippen LogP contribution in [0.4, 0.5) is 5.69 Å². The molecule has 19 heavy (non-hydrogen) atoms. The van der Waals surface area contributed by atoms with Gasteiger partial charge in [-0.15, -0.1) is 0 Å². The van der Waals surface area contributed by atoms with Gasteiger partial charge in [0.1, 0.15) is 0 Å². The van der Waals surface area contributed by atoms with Gasteiger partial charge in [-0.25, -0.2) is 0 Å². The first-order valence-corrected chi connectivity index (χ1v) is 6.68. The molecule has 0 saturated heterocycles. The number of rotatable bonds is 2. The van der Waals surface area contributed by atoms with Gasteiger partial charge in [0, 0.05) is 12.2 Å². The summed E-state index contributed by atoms with van der Waals surface area (Å²) in [4.78, 5) is 14.3. The lowest BCUT2D eigenvalue weighted by atomic mass is 10.1. The van der Waals surface area contributed by atoms with Crippen LogP contribution in [-0.4, -0.2) is 12.5 Å². The smallest absolute Gasteiger partial charge is 0.231 e. The van der Waals surface area contributed by atoms with Crippen LogP contribution in [-0.2, 0) is 17.6 Å². The van der Waals surface area contributed by atoms with E-state index in [1.807, 2.05) is 35.2 Å². The molecule has 0 saturated carbocycles. The zero-order valence-electron chi connectivity index (χ0n) is 11.1. The Morgan fingerprint density at radius 3 is 2.84 bits per heavy atom. The van der Waals surface area contributed by atoms with E-state index in [9.17, 15) is 4.79 Å². The maximum absolute atomic E-state index is 12.4. The molecule has 0 aromatic heterocycles. The van der Waals surface area contributed by atoms with Crippen molar-refractivity contribution < 1.29 is 4.79 Å². The molecule has 2 aromatic rings. The summed E-state index contributed by atoms with van der Waals surface area (Å²) in [6.45, 7) is 2.86. The van der Waals surface area contributed by atoms with Gasteiger partial charge in [-0.2, -0.15) is 0 Å². The van der Waals surface area contributed by atoms with Crippen molar-refractivity contribution in [3.05, 3.63) is 65.2 Å². The number of benzene rings is 2. The normalized spacial score (nSPS) is 13.4. The maximum atomic E-state index is 12.4. The average molecular weight is 251 g/mol. The fraction of sp³-hybridized carbons (Fsp3) is 0.235. The molecule has 0 radical (unpaired) electrons. The number of fused-ring (bicyclic) bond motifs is 1. The molecule has 0 aliphatic carbocycles. The minimum absolute atomic E-state index is 0.190. The van der Waals surface area contributed by atoms with Gasteiger partial charge >= 0.3 is 0 Å². The van der Waals surface area contributed by atoms with Gasteiger partial charge in [0.25, 0.3) is 0 Å². The van der Waals surface area contributed by atoms with Gasteiger partial charge in [-0.3, -0.25) is 4.79 Å². The predicted octanol–water partition coefficient (Wildman–Crippen LogP) is 3.13. The van der Waals surface area contributed by atoms with Crippen molar-refractivity contribution in [2.24, 2.45) is 0 Å². The Morgan fingerprint density at radius 2 is 2.00 bits per heavy atom. The van der Waals surface area contributed by atoms with E-state index in [0.29, 0.717) is 6.42 Å². The first-order chi connectivity index (χ1) is 9.24. The van der Waals surface area contributed by atoms with Crippen LogP contribution in [0.2, 0.25) is 0 Å². The topological polar surface area (TPSA) is 20.3 Å². The zero-order valence-corrected chi connectivity index (χ0v) is 11.1. The quantitative estimate of drug-likeness (QED) is 0.803. The van der Waals surface area contributed by atoms with Crippen LogP contribution >= 0.6 is 0 Å². The molecule has 0 fully saturated rings. The molecule has 0 bridgehead atoms. The van der Waals surface area contributed by atoms with Crippen molar-refractivity contribution in [3.63, 3.8) is 0 Å². The standard InChI is InChI=1S/C17H17NO/c1-13-5-4-6-14(11-13)12-17(19)18-10-9-15-7-2-3-8-16(15)18/h2-8,11H,9-10,12H2,1H3. The monoisotopic (exact) mass is 251 g/mol. The van der Waals surface area contributed by atoms with E-state index in [4.69, 9.17) is 0 Å². The molecule has 1 heterocycles. The highest BCUT2D eigenvalue weighted by Crippen LogP contribution is 2.27. The summed E-state index contributed by atoms with van der Waals surface area (Å²) in [5.41, 5.74) is 4.65. The van der Waals surface area contributed by atoms with Gasteiger partial charge < -0.3 is 4.90 Å². The van der Waals surface area contributed by atoms with E-state index in [1.54, 1.807) is 0 Å². The third-order valence-electron chi connectivity index (χ3n) is 3.63. The number of hydrogen-bond donors (Lipinski definition) is 0. The third-order valence-corrected chi connectivity index (χ3v) is 3.63. The molecule has 2 aromatic carbocycles. The molecule has 1 aliphatic rings. The molecular formula is C17H17NO. The van der Waals surface area contributed by atoms with E-state index in [1.165, 1.54) is 11.1 Å². The predicted molar refractivity (Wildman–Crippen MR) is 77.4 cm³/mol. The summed E-state index contributed by atoms with van der Waals surface area (Å²) < 4.78 is 0. The minimum atomic E-state index is 0.190. The van der Waals surface area contributed by atoms with Crippen molar-refractivity contribution in [1.82, 2.24) is 0 Å². The van der Waals surface area contributed by atoms with Crippen molar-refractivity contribution in [1.29, 1.82) is 0 Å². The summed E-state index contributed by atoms with van der Waals surface area (Å²) in [5, 5.41) is 0. The van der Waals surface area contributed by atoms with Crippen LogP contribution in [0, 0.1) is 6.92 Å². The van der Waals surface area contributed by atoms with Crippen LogP contribution in [0.1, 0.15) is 16.7 Å². The SMILES string of the molecule is Cc1cccc(CC(=O)N2CCc3ccccc32)c1. The van der Waals surface area contributed by atoms with E-state index < -0.39 is 0 Å². The van der Waals surface area contributed by atoms with Crippen LogP contribution in [0.25, 0.3) is 0 Å². The molecule has 3 rings (SSSR count). The highest BCUT2D eigenvalue weighted by atomic mass is 16.2. The lowest BCUT2D eigenvalue weighted by Crippen LogP contribution is -2.30. The number of hydrogen-bond acceptors (Lipinski definition) is 1. The largest absolute Gasteiger partial charge is 0.312 e. The molecule has 1 amide bonds. The zero-order chi connectivity index (χ0) is 13.2. The lowest BCUT2D eigenvalue weighted by molar-refractivity contribution is -0.117. The summed E-state index contributed by atoms with van der Waals surface area (Å²) in [5.74, 6) is 0.190. The average Bonchev–Trinajstić information content (AvgIpc) is 2.82. The second kappa shape index (κ2) is 4.88. The Labute approximate surface area is 113 Å². The second-order valence-corrected chi connectivity index (χ2v) is 5.09. The molecule has 0 N–H and O–H groups in total. The molecular weight excluding hydrogens is 234 g/mol. The first-order valence-electron chi connectivity index (χ1n) is 6.68. The first kappa shape index (κ1) is 12.0. The summed E-state index contributed by atoms with van der Waals surface area (Å²) >= 11 is 0. The Balaban J connectivity index is 1.79. The van der Waals surface area contributed by atoms with E-state index in [0.717, 1.165) is 24.2 Å². The van der Waals surface area contributed by atoms with Crippen molar-refractivity contribution in [2.75, 3.05) is 11.4 Å². The summed E-state index contributed by atoms with van der Waals surface area (Å²) in [6, 6.07) is 16.3. The van der Waals surface area contributed by atoms with Crippen LogP contribution in [0.5, 0.6) is 0 Å². The van der Waals surface area contributed by atoms with Crippen molar-refractivity contribution >= 4 is 11.6 Å². The fourth-order valence-corrected chi connectivity index (χ4v) is 2.69. The highest BCUT2D eigenvalue weighted by molar-refractivity contribution is 5.96. The molecule has 2 heteroatoms. The van der Waals surface area contributed by atoms with Crippen molar-refractivity contribution in [3.8, 4) is 0 Å². The number of para-hydroxylation sites is 1. The van der Waals surface area contributed by atoms with E-state index in [2.05, 4.69) is 25.1 Å². The van der Waals surface area contributed by atoms with Gasteiger partial charge in [-0.05, 0) is 30.5 Å². The molecule has 1 aliphatic heterocycles. The lowest BCUT2D eigenvalue weighted by Gasteiger charge is -2.17. The molecule has 0 atom stereocenters. The molecule has 2 nitrogen and oxygen atoms in total. The highest BCUT2D eigenvalue weighted by Gasteiger charge is 2.23. The van der Waals surface area contributed by atoms with Crippen LogP contribution in [0.3, 0.4) is 0 Å². The number of nitrogens with zero attached hydrogens (tertiary/aromatic N) is 1. The number of carbonyl (C=O) groups excluding carboxylic acids is 1. The fourth-order valence-electron chi connectivity index (χ4n) is 2.69. The maximum Gasteiger partial charge on any atom is 0.231 e. The number of anilines is 1. The van der Waals surface area contributed by atoms with E-state index >= 15 is 0 Å². The summed E-state index contributed by atoms with van der Waals surface area (Å²) in [6.07, 6.45) is 1.45. The Hall–Kier alpha value is -2.09. The van der Waals surface area contributed by atoms with E-state index in [-0.39, 0.29) is 5.91 Å². The third kappa shape index (κ3) is 2.39. The van der Waals surface area contributed by atoms with Gasteiger partial charge in [0.15, 0.2) is 0 Å². The summed E-state index contributed by atoms with van der Waals surface area (Å²) in [7, 11) is 0. The van der Waals surface area contributed by atoms with Crippen LogP contribution in [0.15, 0.2) is 48.5 Å². The Bertz CT molecular complexity index is 618.